The molecule has 3 N–H and O–H groups in total. The fraction of sp³-hybridized carbons (Fsp3) is 0.750. The second-order valence-corrected chi connectivity index (χ2v) is 8.16. The number of nitrogens with one attached hydrogen (secondary N) is 3. The van der Waals surface area contributed by atoms with Gasteiger partial charge >= 0.3 is 0 Å². The van der Waals surface area contributed by atoms with Gasteiger partial charge in [0.1, 0.15) is 11.6 Å². The van der Waals surface area contributed by atoms with Crippen molar-refractivity contribution in [3.8, 4) is 0 Å². The lowest BCUT2D eigenvalue weighted by molar-refractivity contribution is -0.129. The SMILES string of the molecule is CCC(=O)C(C)(C)NC(CCC(=O)NCC(C)=O)C(=O)C(C)(C)NCC(C)=O. The molecule has 1 atom stereocenters. The largest absolute Gasteiger partial charge is 0.349 e. The summed E-state index contributed by atoms with van der Waals surface area (Å²) < 4.78 is 0. The van der Waals surface area contributed by atoms with Crippen LogP contribution in [0.2, 0.25) is 0 Å². The highest BCUT2D eigenvalue weighted by molar-refractivity contribution is 5.95. The van der Waals surface area contributed by atoms with Crippen LogP contribution in [0, 0.1) is 0 Å². The molecule has 8 heteroatoms. The zero-order valence-corrected chi connectivity index (χ0v) is 18.2. The van der Waals surface area contributed by atoms with Crippen molar-refractivity contribution in [3.63, 3.8) is 0 Å². The third-order valence-electron chi connectivity index (χ3n) is 4.46. The highest BCUT2D eigenvalue weighted by atomic mass is 16.2. The summed E-state index contributed by atoms with van der Waals surface area (Å²) >= 11 is 0. The van der Waals surface area contributed by atoms with Crippen molar-refractivity contribution in [2.24, 2.45) is 0 Å². The van der Waals surface area contributed by atoms with Crippen LogP contribution in [0.1, 0.15) is 67.7 Å². The number of ketones is 4. The van der Waals surface area contributed by atoms with Gasteiger partial charge in [0, 0.05) is 12.8 Å². The van der Waals surface area contributed by atoms with Crippen molar-refractivity contribution in [2.45, 2.75) is 84.8 Å². The van der Waals surface area contributed by atoms with E-state index in [9.17, 15) is 24.0 Å². The first-order chi connectivity index (χ1) is 12.7. The maximum absolute atomic E-state index is 13.1. The van der Waals surface area contributed by atoms with Crippen LogP contribution in [0.4, 0.5) is 0 Å². The molecule has 0 heterocycles. The summed E-state index contributed by atoms with van der Waals surface area (Å²) in [5.41, 5.74) is -1.97. The molecule has 0 saturated heterocycles. The van der Waals surface area contributed by atoms with Gasteiger partial charge in [-0.2, -0.15) is 0 Å². The third kappa shape index (κ3) is 9.32. The van der Waals surface area contributed by atoms with Crippen molar-refractivity contribution in [1.29, 1.82) is 0 Å². The molecule has 0 bridgehead atoms. The first-order valence-electron chi connectivity index (χ1n) is 9.58. The number of hydrogen-bond acceptors (Lipinski definition) is 7. The van der Waals surface area contributed by atoms with Crippen LogP contribution in [0.15, 0.2) is 0 Å². The summed E-state index contributed by atoms with van der Waals surface area (Å²) in [6, 6.07) is -0.775. The minimum absolute atomic E-state index is 0.0237. The van der Waals surface area contributed by atoms with Crippen LogP contribution in [0.25, 0.3) is 0 Å². The van der Waals surface area contributed by atoms with E-state index in [-0.39, 0.29) is 55.0 Å². The summed E-state index contributed by atoms with van der Waals surface area (Å²) in [5, 5.41) is 8.51. The van der Waals surface area contributed by atoms with E-state index in [4.69, 9.17) is 0 Å². The molecule has 1 unspecified atom stereocenters. The Hall–Kier alpha value is -1.93. The molecule has 0 aromatic rings. The molecular formula is C20H35N3O5. The second-order valence-electron chi connectivity index (χ2n) is 8.16. The Labute approximate surface area is 167 Å². The Morgan fingerprint density at radius 1 is 0.857 bits per heavy atom. The number of carbonyl (C=O) groups is 5. The molecule has 0 aliphatic rings. The van der Waals surface area contributed by atoms with Crippen LogP contribution >= 0.6 is 0 Å². The van der Waals surface area contributed by atoms with Crippen molar-refractivity contribution < 1.29 is 24.0 Å². The van der Waals surface area contributed by atoms with E-state index in [1.807, 2.05) is 0 Å². The average molecular weight is 398 g/mol. The van der Waals surface area contributed by atoms with Crippen molar-refractivity contribution in [2.75, 3.05) is 13.1 Å². The summed E-state index contributed by atoms with van der Waals surface area (Å²) in [5.74, 6) is -0.909. The fourth-order valence-electron chi connectivity index (χ4n) is 2.68. The molecule has 0 radical (unpaired) electrons. The number of hydrogen-bond donors (Lipinski definition) is 3. The summed E-state index contributed by atoms with van der Waals surface area (Å²) in [4.78, 5) is 59.6. The van der Waals surface area contributed by atoms with E-state index >= 15 is 0 Å². The highest BCUT2D eigenvalue weighted by Crippen LogP contribution is 2.16. The lowest BCUT2D eigenvalue weighted by atomic mass is 9.87. The zero-order valence-electron chi connectivity index (χ0n) is 18.2. The minimum Gasteiger partial charge on any atom is -0.349 e. The predicted octanol–water partition coefficient (Wildman–Crippen LogP) is 0.714. The molecule has 0 rings (SSSR count). The highest BCUT2D eigenvalue weighted by Gasteiger charge is 2.38. The van der Waals surface area contributed by atoms with Gasteiger partial charge in [-0.3, -0.25) is 34.6 Å². The molecule has 0 aromatic heterocycles. The maximum atomic E-state index is 13.1. The van der Waals surface area contributed by atoms with Crippen LogP contribution in [-0.2, 0) is 24.0 Å². The first-order valence-corrected chi connectivity index (χ1v) is 9.58. The molecule has 0 aromatic carbocycles. The Balaban J connectivity index is 5.34. The summed E-state index contributed by atoms with van der Waals surface area (Å²) in [6.07, 6.45) is 0.496. The van der Waals surface area contributed by atoms with Gasteiger partial charge in [0.25, 0.3) is 0 Å². The summed E-state index contributed by atoms with van der Waals surface area (Å²) in [6.45, 7) is 11.3. The Morgan fingerprint density at radius 3 is 1.86 bits per heavy atom. The summed E-state index contributed by atoms with van der Waals surface area (Å²) in [7, 11) is 0. The smallest absolute Gasteiger partial charge is 0.220 e. The lowest BCUT2D eigenvalue weighted by Crippen LogP contribution is -2.61. The van der Waals surface area contributed by atoms with Gasteiger partial charge in [-0.25, -0.2) is 0 Å². The van der Waals surface area contributed by atoms with Gasteiger partial charge in [0.15, 0.2) is 11.6 Å². The van der Waals surface area contributed by atoms with E-state index in [1.54, 1.807) is 34.6 Å². The molecule has 0 aliphatic heterocycles. The molecule has 1 amide bonds. The van der Waals surface area contributed by atoms with Crippen LogP contribution in [0.5, 0.6) is 0 Å². The lowest BCUT2D eigenvalue weighted by Gasteiger charge is -2.35. The van der Waals surface area contributed by atoms with Gasteiger partial charge in [-0.1, -0.05) is 6.92 Å². The molecule has 0 saturated carbocycles. The van der Waals surface area contributed by atoms with Crippen LogP contribution in [0.3, 0.4) is 0 Å². The number of amides is 1. The monoisotopic (exact) mass is 397 g/mol. The number of rotatable bonds is 14. The van der Waals surface area contributed by atoms with Gasteiger partial charge < -0.3 is 5.32 Å². The molecule has 0 spiro atoms. The van der Waals surface area contributed by atoms with E-state index in [1.165, 1.54) is 13.8 Å². The fourth-order valence-corrected chi connectivity index (χ4v) is 2.68. The third-order valence-corrected chi connectivity index (χ3v) is 4.46. The Kier molecular flexibility index (Phi) is 10.4. The molecule has 0 fully saturated rings. The normalized spacial score (nSPS) is 13.0. The standard InChI is InChI=1S/C20H35N3O5/c1-8-16(26)19(4,5)23-15(9-10-17(27)21-11-13(2)24)18(28)20(6,7)22-12-14(3)25/h15,22-23H,8-12H2,1-7H3,(H,21,27). The second kappa shape index (κ2) is 11.2. The van der Waals surface area contributed by atoms with E-state index < -0.39 is 17.1 Å². The topological polar surface area (TPSA) is 121 Å². The molecule has 160 valence electrons. The van der Waals surface area contributed by atoms with Crippen LogP contribution in [-0.4, -0.2) is 59.2 Å². The van der Waals surface area contributed by atoms with Crippen LogP contribution < -0.4 is 16.0 Å². The Bertz CT molecular complexity index is 611. The Morgan fingerprint density at radius 2 is 1.39 bits per heavy atom. The van der Waals surface area contributed by atoms with Gasteiger partial charge in [-0.05, 0) is 48.0 Å². The molecule has 28 heavy (non-hydrogen) atoms. The van der Waals surface area contributed by atoms with Crippen molar-refractivity contribution in [3.05, 3.63) is 0 Å². The van der Waals surface area contributed by atoms with E-state index in [0.29, 0.717) is 6.42 Å². The van der Waals surface area contributed by atoms with Gasteiger partial charge in [-0.15, -0.1) is 0 Å². The van der Waals surface area contributed by atoms with Crippen molar-refractivity contribution >= 4 is 29.0 Å². The zero-order chi connectivity index (χ0) is 22.1. The van der Waals surface area contributed by atoms with Crippen molar-refractivity contribution in [1.82, 2.24) is 16.0 Å². The molecular weight excluding hydrogens is 362 g/mol. The average Bonchev–Trinajstić information content (AvgIpc) is 2.60. The van der Waals surface area contributed by atoms with E-state index in [0.717, 1.165) is 0 Å². The number of carbonyl (C=O) groups excluding carboxylic acids is 5. The quantitative estimate of drug-likeness (QED) is 0.395. The number of Topliss-reactive ketones (excluding diaryl/α,β-unsaturated/α-hetero) is 4. The first kappa shape index (κ1) is 26.1. The minimum atomic E-state index is -1.02. The molecule has 8 nitrogen and oxygen atoms in total. The maximum Gasteiger partial charge on any atom is 0.220 e. The van der Waals surface area contributed by atoms with Gasteiger partial charge in [0.05, 0.1) is 30.2 Å². The molecule has 0 aliphatic carbocycles. The predicted molar refractivity (Wildman–Crippen MR) is 107 cm³/mol. The van der Waals surface area contributed by atoms with Gasteiger partial charge in [0.2, 0.25) is 5.91 Å². The van der Waals surface area contributed by atoms with E-state index in [2.05, 4.69) is 16.0 Å².